The lowest BCUT2D eigenvalue weighted by Crippen LogP contribution is -2.37. The van der Waals surface area contributed by atoms with Gasteiger partial charge >= 0.3 is 0 Å². The molecule has 1 aromatic carbocycles. The van der Waals surface area contributed by atoms with Gasteiger partial charge < -0.3 is 15.8 Å². The minimum atomic E-state index is 0.436. The molecule has 1 aliphatic rings. The van der Waals surface area contributed by atoms with Crippen LogP contribution in [-0.4, -0.2) is 38.1 Å². The molecule has 0 amide bonds. The molecule has 0 spiro atoms. The highest BCUT2D eigenvalue weighted by Crippen LogP contribution is 2.37. The van der Waals surface area contributed by atoms with Crippen LogP contribution in [0.1, 0.15) is 23.8 Å². The van der Waals surface area contributed by atoms with E-state index in [4.69, 9.17) is 10.5 Å². The summed E-state index contributed by atoms with van der Waals surface area (Å²) in [6.45, 7) is 1.88. The zero-order valence-corrected chi connectivity index (χ0v) is 15.6. The number of aliphatic imine (C=N–C) groups is 1. The van der Waals surface area contributed by atoms with Crippen LogP contribution in [-0.2, 0) is 0 Å². The Morgan fingerprint density at radius 1 is 1.36 bits per heavy atom. The number of nitrogens with one attached hydrogen (secondary N) is 1. The number of hydrogen-bond acceptors (Lipinski definition) is 4. The molecule has 0 bridgehead atoms. The molecular formula is C19H26N4OS. The predicted molar refractivity (Wildman–Crippen MR) is 106 cm³/mol. The summed E-state index contributed by atoms with van der Waals surface area (Å²) >= 11 is 1.83. The van der Waals surface area contributed by atoms with Crippen molar-refractivity contribution in [3.8, 4) is 5.75 Å². The molecule has 1 fully saturated rings. The first-order valence-corrected chi connectivity index (χ1v) is 9.50. The molecule has 6 heteroatoms. The molecule has 1 aliphatic heterocycles. The molecule has 134 valence electrons. The van der Waals surface area contributed by atoms with E-state index in [2.05, 4.69) is 39.8 Å². The first-order chi connectivity index (χ1) is 12.2. The Morgan fingerprint density at radius 3 is 2.84 bits per heavy atom. The van der Waals surface area contributed by atoms with Crippen LogP contribution in [0.4, 0.5) is 5.69 Å². The van der Waals surface area contributed by atoms with E-state index in [1.807, 2.05) is 35.6 Å². The lowest BCUT2D eigenvalue weighted by molar-refractivity contribution is 0.128. The van der Waals surface area contributed by atoms with E-state index in [0.717, 1.165) is 24.5 Å². The number of thiophene rings is 1. The summed E-state index contributed by atoms with van der Waals surface area (Å²) in [6.07, 6.45) is 2.40. The van der Waals surface area contributed by atoms with Crippen LogP contribution in [0.5, 0.6) is 5.75 Å². The van der Waals surface area contributed by atoms with E-state index in [1.54, 1.807) is 7.11 Å². The topological polar surface area (TPSA) is 62.9 Å². The van der Waals surface area contributed by atoms with Gasteiger partial charge in [0.25, 0.3) is 0 Å². The second-order valence-corrected chi connectivity index (χ2v) is 7.40. The van der Waals surface area contributed by atoms with Gasteiger partial charge in [0.2, 0.25) is 0 Å². The molecule has 3 rings (SSSR count). The van der Waals surface area contributed by atoms with Crippen LogP contribution in [0, 0.1) is 5.92 Å². The minimum absolute atomic E-state index is 0.436. The monoisotopic (exact) mass is 358 g/mol. The van der Waals surface area contributed by atoms with Crippen molar-refractivity contribution in [3.05, 3.63) is 46.7 Å². The highest BCUT2D eigenvalue weighted by Gasteiger charge is 2.30. The number of rotatable bonds is 5. The first-order valence-electron chi connectivity index (χ1n) is 8.62. The van der Waals surface area contributed by atoms with Gasteiger partial charge in [-0.3, -0.25) is 9.89 Å². The molecule has 1 saturated heterocycles. The fourth-order valence-electron chi connectivity index (χ4n) is 3.44. The second kappa shape index (κ2) is 8.36. The average molecular weight is 359 g/mol. The number of ether oxygens (including phenoxy) is 1. The van der Waals surface area contributed by atoms with Gasteiger partial charge in [-0.2, -0.15) is 0 Å². The number of likely N-dealkylation sites (tertiary alicyclic amines) is 1. The quantitative estimate of drug-likeness (QED) is 0.634. The van der Waals surface area contributed by atoms with E-state index in [9.17, 15) is 0 Å². The van der Waals surface area contributed by atoms with E-state index < -0.39 is 0 Å². The average Bonchev–Trinajstić information content (AvgIpc) is 3.15. The number of hydrogen-bond donors (Lipinski definition) is 2. The van der Waals surface area contributed by atoms with E-state index in [-0.39, 0.29) is 0 Å². The summed E-state index contributed by atoms with van der Waals surface area (Å²) in [6, 6.07) is 12.5. The van der Waals surface area contributed by atoms with Gasteiger partial charge in [0.05, 0.1) is 7.11 Å². The Labute approximate surface area is 153 Å². The Hall–Kier alpha value is -2.05. The molecule has 2 heterocycles. The van der Waals surface area contributed by atoms with Crippen molar-refractivity contribution in [2.24, 2.45) is 16.6 Å². The molecule has 25 heavy (non-hydrogen) atoms. The van der Waals surface area contributed by atoms with E-state index in [0.29, 0.717) is 17.9 Å². The smallest absolute Gasteiger partial charge is 0.193 e. The minimum Gasteiger partial charge on any atom is -0.497 e. The van der Waals surface area contributed by atoms with Crippen molar-refractivity contribution in [3.63, 3.8) is 0 Å². The number of nitrogens with two attached hydrogens (primary N) is 1. The third kappa shape index (κ3) is 4.52. The first kappa shape index (κ1) is 17.8. The number of benzene rings is 1. The van der Waals surface area contributed by atoms with Crippen molar-refractivity contribution in [2.75, 3.05) is 32.6 Å². The molecule has 1 aromatic heterocycles. The normalized spacial score (nSPS) is 21.9. The molecule has 3 N–H and O–H groups in total. The lowest BCUT2D eigenvalue weighted by atomic mass is 9.88. The van der Waals surface area contributed by atoms with Gasteiger partial charge in [-0.1, -0.05) is 6.07 Å². The largest absolute Gasteiger partial charge is 0.497 e. The van der Waals surface area contributed by atoms with Crippen LogP contribution in [0.15, 0.2) is 46.8 Å². The molecule has 2 aromatic rings. The number of piperidine rings is 1. The van der Waals surface area contributed by atoms with Gasteiger partial charge in [0.1, 0.15) is 5.75 Å². The van der Waals surface area contributed by atoms with Gasteiger partial charge in [0, 0.05) is 23.2 Å². The van der Waals surface area contributed by atoms with Crippen molar-refractivity contribution < 1.29 is 4.74 Å². The maximum Gasteiger partial charge on any atom is 0.193 e. The maximum atomic E-state index is 6.09. The van der Waals surface area contributed by atoms with Crippen LogP contribution >= 0.6 is 11.3 Å². The third-order valence-corrected chi connectivity index (χ3v) is 5.64. The molecular weight excluding hydrogens is 332 g/mol. The summed E-state index contributed by atoms with van der Waals surface area (Å²) in [4.78, 5) is 8.48. The zero-order chi connectivity index (χ0) is 17.6. The summed E-state index contributed by atoms with van der Waals surface area (Å²) in [7, 11) is 3.86. The summed E-state index contributed by atoms with van der Waals surface area (Å²) in [5.41, 5.74) is 7.00. The van der Waals surface area contributed by atoms with Crippen molar-refractivity contribution in [1.29, 1.82) is 0 Å². The van der Waals surface area contributed by atoms with Crippen molar-refractivity contribution in [1.82, 2.24) is 4.90 Å². The highest BCUT2D eigenvalue weighted by atomic mass is 32.1. The summed E-state index contributed by atoms with van der Waals surface area (Å²) < 4.78 is 5.17. The number of methoxy groups -OCH3 is 1. The Balaban J connectivity index is 1.64. The fraction of sp³-hybridized carbons (Fsp3) is 0.421. The van der Waals surface area contributed by atoms with Crippen LogP contribution in [0.2, 0.25) is 0 Å². The van der Waals surface area contributed by atoms with E-state index >= 15 is 0 Å². The van der Waals surface area contributed by atoms with E-state index in [1.165, 1.54) is 17.7 Å². The second-order valence-electron chi connectivity index (χ2n) is 6.42. The summed E-state index contributed by atoms with van der Waals surface area (Å²) in [5, 5.41) is 5.31. The molecule has 5 nitrogen and oxygen atoms in total. The summed E-state index contributed by atoms with van der Waals surface area (Å²) in [5.74, 6) is 1.78. The van der Waals surface area contributed by atoms with Crippen LogP contribution in [0.3, 0.4) is 0 Å². The zero-order valence-electron chi connectivity index (χ0n) is 14.8. The standard InChI is InChI=1S/C19H26N4OS/c1-23-11-3-5-14(18(23)17-6-4-12-25-17)13-21-19(20)22-15-7-9-16(24-2)10-8-15/h4,6-10,12,14,18H,3,5,11,13H2,1-2H3,(H3,20,21,22). The van der Waals surface area contributed by atoms with Crippen molar-refractivity contribution in [2.45, 2.75) is 18.9 Å². The maximum absolute atomic E-state index is 6.09. The molecule has 2 unspecified atom stereocenters. The molecule has 2 atom stereocenters. The number of guanidine groups is 1. The lowest BCUT2D eigenvalue weighted by Gasteiger charge is -2.38. The van der Waals surface area contributed by atoms with Gasteiger partial charge in [-0.25, -0.2) is 0 Å². The SMILES string of the molecule is COc1ccc(NC(N)=NCC2CCCN(C)C2c2cccs2)cc1. The Morgan fingerprint density at radius 2 is 2.16 bits per heavy atom. The number of nitrogens with zero attached hydrogens (tertiary/aromatic N) is 2. The van der Waals surface area contributed by atoms with Gasteiger partial charge in [-0.15, -0.1) is 11.3 Å². The number of anilines is 1. The van der Waals surface area contributed by atoms with Crippen LogP contribution < -0.4 is 15.8 Å². The third-order valence-electron chi connectivity index (χ3n) is 4.70. The molecule has 0 saturated carbocycles. The van der Waals surface area contributed by atoms with Gasteiger partial charge in [-0.05, 0) is 68.1 Å². The van der Waals surface area contributed by atoms with Crippen LogP contribution in [0.25, 0.3) is 0 Å². The van der Waals surface area contributed by atoms with Gasteiger partial charge in [0.15, 0.2) is 5.96 Å². The fourth-order valence-corrected chi connectivity index (χ4v) is 4.42. The predicted octanol–water partition coefficient (Wildman–Crippen LogP) is 3.57. The highest BCUT2D eigenvalue weighted by molar-refractivity contribution is 7.10. The molecule has 0 radical (unpaired) electrons. The Bertz CT molecular complexity index is 684. The molecule has 0 aliphatic carbocycles. The van der Waals surface area contributed by atoms with Crippen molar-refractivity contribution >= 4 is 23.0 Å². The Kier molecular flexibility index (Phi) is 5.94.